The molecule has 5 heteroatoms. The highest BCUT2D eigenvalue weighted by atomic mass is 16.2. The number of para-hydroxylation sites is 2. The molecule has 1 aromatic rings. The van der Waals surface area contributed by atoms with Gasteiger partial charge in [0.15, 0.2) is 0 Å². The lowest BCUT2D eigenvalue weighted by atomic mass is 9.85. The molecule has 3 atom stereocenters. The summed E-state index contributed by atoms with van der Waals surface area (Å²) in [5.74, 6) is 0.413. The summed E-state index contributed by atoms with van der Waals surface area (Å²) >= 11 is 0. The largest absolute Gasteiger partial charge is 0.323 e. The van der Waals surface area contributed by atoms with Gasteiger partial charge in [-0.25, -0.2) is 0 Å². The standard InChI is InChI=1S/C18H25N3O2/c1-12-7-3-4-8-14(12)19-13(2)18(23)21-11-17(22)20-15-9-5-6-10-16(15)21/h5-6,9-10,12-14,19H,3-4,7-8,11H2,1-2H3,(H,20,22)/t12-,13-,14+/m0/s1. The van der Waals surface area contributed by atoms with Crippen molar-refractivity contribution in [1.82, 2.24) is 5.32 Å². The maximum Gasteiger partial charge on any atom is 0.244 e. The van der Waals surface area contributed by atoms with Crippen molar-refractivity contribution in [1.29, 1.82) is 0 Å². The Bertz CT molecular complexity index is 602. The quantitative estimate of drug-likeness (QED) is 0.901. The zero-order valence-corrected chi connectivity index (χ0v) is 13.8. The van der Waals surface area contributed by atoms with Crippen molar-refractivity contribution in [2.45, 2.75) is 51.6 Å². The predicted molar refractivity (Wildman–Crippen MR) is 91.4 cm³/mol. The fourth-order valence-corrected chi connectivity index (χ4v) is 3.62. The van der Waals surface area contributed by atoms with Crippen molar-refractivity contribution in [2.75, 3.05) is 16.8 Å². The number of fused-ring (bicyclic) bond motifs is 1. The summed E-state index contributed by atoms with van der Waals surface area (Å²) in [7, 11) is 0. The first-order valence-electron chi connectivity index (χ1n) is 8.52. The highest BCUT2D eigenvalue weighted by Crippen LogP contribution is 2.30. The molecular weight excluding hydrogens is 290 g/mol. The van der Waals surface area contributed by atoms with Crippen molar-refractivity contribution in [2.24, 2.45) is 5.92 Å². The van der Waals surface area contributed by atoms with Crippen molar-refractivity contribution in [3.63, 3.8) is 0 Å². The van der Waals surface area contributed by atoms with Gasteiger partial charge in [0.25, 0.3) is 0 Å². The van der Waals surface area contributed by atoms with Crippen molar-refractivity contribution in [3.8, 4) is 0 Å². The van der Waals surface area contributed by atoms with Crippen LogP contribution in [0, 0.1) is 5.92 Å². The topological polar surface area (TPSA) is 61.4 Å². The third-order valence-electron chi connectivity index (χ3n) is 4.98. The van der Waals surface area contributed by atoms with Crippen LogP contribution in [0.15, 0.2) is 24.3 Å². The summed E-state index contributed by atoms with van der Waals surface area (Å²) in [6.45, 7) is 4.23. The Balaban J connectivity index is 1.73. The Hall–Kier alpha value is -1.88. The molecule has 0 radical (unpaired) electrons. The van der Waals surface area contributed by atoms with Crippen LogP contribution in [-0.4, -0.2) is 30.4 Å². The lowest BCUT2D eigenvalue weighted by Crippen LogP contribution is -2.53. The van der Waals surface area contributed by atoms with Crippen LogP contribution >= 0.6 is 0 Å². The molecule has 0 unspecified atom stereocenters. The molecule has 1 aliphatic heterocycles. The fraction of sp³-hybridized carbons (Fsp3) is 0.556. The second kappa shape index (κ2) is 6.71. The molecule has 1 fully saturated rings. The second-order valence-electron chi connectivity index (χ2n) is 6.75. The van der Waals surface area contributed by atoms with E-state index in [1.54, 1.807) is 4.90 Å². The van der Waals surface area contributed by atoms with Gasteiger partial charge in [0, 0.05) is 6.04 Å². The molecule has 2 N–H and O–H groups in total. The number of amides is 2. The monoisotopic (exact) mass is 315 g/mol. The number of anilines is 2. The first kappa shape index (κ1) is 16.0. The molecule has 124 valence electrons. The summed E-state index contributed by atoms with van der Waals surface area (Å²) in [6, 6.07) is 7.54. The zero-order valence-electron chi connectivity index (χ0n) is 13.8. The molecule has 0 saturated heterocycles. The Morgan fingerprint density at radius 2 is 2.04 bits per heavy atom. The maximum absolute atomic E-state index is 12.9. The highest BCUT2D eigenvalue weighted by Gasteiger charge is 2.31. The van der Waals surface area contributed by atoms with Gasteiger partial charge < -0.3 is 10.6 Å². The van der Waals surface area contributed by atoms with E-state index in [9.17, 15) is 9.59 Å². The number of nitrogens with one attached hydrogen (secondary N) is 2. The summed E-state index contributed by atoms with van der Waals surface area (Å²) in [5, 5.41) is 6.31. The molecule has 2 amide bonds. The Morgan fingerprint density at radius 3 is 2.83 bits per heavy atom. The van der Waals surface area contributed by atoms with Crippen LogP contribution in [-0.2, 0) is 9.59 Å². The molecule has 1 aliphatic carbocycles. The molecule has 0 bridgehead atoms. The lowest BCUT2D eigenvalue weighted by Gasteiger charge is -2.35. The van der Waals surface area contributed by atoms with Gasteiger partial charge in [-0.3, -0.25) is 14.5 Å². The predicted octanol–water partition coefficient (Wildman–Crippen LogP) is 2.53. The Kier molecular flexibility index (Phi) is 4.66. The van der Waals surface area contributed by atoms with E-state index < -0.39 is 0 Å². The molecule has 2 aliphatic rings. The third kappa shape index (κ3) is 3.39. The SMILES string of the molecule is C[C@H](N[C@@H]1CCCC[C@@H]1C)C(=O)N1CC(=O)Nc2ccccc21. The highest BCUT2D eigenvalue weighted by molar-refractivity contribution is 6.11. The number of benzene rings is 1. The van der Waals surface area contributed by atoms with Crippen LogP contribution in [0.2, 0.25) is 0 Å². The average molecular weight is 315 g/mol. The van der Waals surface area contributed by atoms with Gasteiger partial charge in [0.05, 0.1) is 17.4 Å². The number of nitrogens with zero attached hydrogens (tertiary/aromatic N) is 1. The first-order chi connectivity index (χ1) is 11.1. The normalized spacial score (nSPS) is 25.5. The van der Waals surface area contributed by atoms with Gasteiger partial charge in [0.2, 0.25) is 11.8 Å². The molecule has 1 saturated carbocycles. The van der Waals surface area contributed by atoms with E-state index in [2.05, 4.69) is 17.6 Å². The molecule has 1 heterocycles. The number of hydrogen-bond donors (Lipinski definition) is 2. The van der Waals surface area contributed by atoms with Crippen LogP contribution in [0.25, 0.3) is 0 Å². The minimum Gasteiger partial charge on any atom is -0.323 e. The van der Waals surface area contributed by atoms with Crippen LogP contribution < -0.4 is 15.5 Å². The van der Waals surface area contributed by atoms with E-state index in [1.165, 1.54) is 19.3 Å². The van der Waals surface area contributed by atoms with Crippen LogP contribution in [0.1, 0.15) is 39.5 Å². The number of carbonyl (C=O) groups is 2. The summed E-state index contributed by atoms with van der Waals surface area (Å²) in [5.41, 5.74) is 1.48. The van der Waals surface area contributed by atoms with Crippen molar-refractivity contribution in [3.05, 3.63) is 24.3 Å². The average Bonchev–Trinajstić information content (AvgIpc) is 2.55. The second-order valence-corrected chi connectivity index (χ2v) is 6.75. The first-order valence-corrected chi connectivity index (χ1v) is 8.52. The number of rotatable bonds is 3. The van der Waals surface area contributed by atoms with Gasteiger partial charge in [0.1, 0.15) is 6.54 Å². The maximum atomic E-state index is 12.9. The number of hydrogen-bond acceptors (Lipinski definition) is 3. The number of carbonyl (C=O) groups excluding carboxylic acids is 2. The Morgan fingerprint density at radius 1 is 1.30 bits per heavy atom. The molecule has 23 heavy (non-hydrogen) atoms. The smallest absolute Gasteiger partial charge is 0.244 e. The molecule has 5 nitrogen and oxygen atoms in total. The molecular formula is C18H25N3O2. The van der Waals surface area contributed by atoms with Crippen LogP contribution in [0.3, 0.4) is 0 Å². The third-order valence-corrected chi connectivity index (χ3v) is 4.98. The van der Waals surface area contributed by atoms with E-state index in [0.717, 1.165) is 12.1 Å². The van der Waals surface area contributed by atoms with Gasteiger partial charge in [-0.05, 0) is 37.8 Å². The van der Waals surface area contributed by atoms with Crippen molar-refractivity contribution < 1.29 is 9.59 Å². The minimum atomic E-state index is -0.292. The van der Waals surface area contributed by atoms with Crippen LogP contribution in [0.5, 0.6) is 0 Å². The molecule has 0 aromatic heterocycles. The van der Waals surface area contributed by atoms with E-state index in [0.29, 0.717) is 17.6 Å². The van der Waals surface area contributed by atoms with Crippen LogP contribution in [0.4, 0.5) is 11.4 Å². The lowest BCUT2D eigenvalue weighted by molar-refractivity contribution is -0.123. The molecule has 3 rings (SSSR count). The molecule has 1 aromatic carbocycles. The van der Waals surface area contributed by atoms with Gasteiger partial charge in [-0.1, -0.05) is 31.9 Å². The van der Waals surface area contributed by atoms with Gasteiger partial charge in [-0.15, -0.1) is 0 Å². The van der Waals surface area contributed by atoms with E-state index in [-0.39, 0.29) is 24.4 Å². The van der Waals surface area contributed by atoms with Gasteiger partial charge in [-0.2, -0.15) is 0 Å². The van der Waals surface area contributed by atoms with E-state index in [1.807, 2.05) is 31.2 Å². The Labute approximate surface area is 137 Å². The fourth-order valence-electron chi connectivity index (χ4n) is 3.62. The summed E-state index contributed by atoms with van der Waals surface area (Å²) < 4.78 is 0. The van der Waals surface area contributed by atoms with Crippen molar-refractivity contribution >= 4 is 23.2 Å². The minimum absolute atomic E-state index is 0.0370. The van der Waals surface area contributed by atoms with Gasteiger partial charge >= 0.3 is 0 Å². The summed E-state index contributed by atoms with van der Waals surface area (Å²) in [4.78, 5) is 26.3. The summed E-state index contributed by atoms with van der Waals surface area (Å²) in [6.07, 6.45) is 4.84. The van der Waals surface area contributed by atoms with E-state index in [4.69, 9.17) is 0 Å². The molecule has 0 spiro atoms. The van der Waals surface area contributed by atoms with E-state index >= 15 is 0 Å². The zero-order chi connectivity index (χ0) is 16.4.